The van der Waals surface area contributed by atoms with Crippen LogP contribution in [0.3, 0.4) is 0 Å². The molecule has 0 saturated heterocycles. The van der Waals surface area contributed by atoms with Crippen LogP contribution in [-0.2, 0) is 10.0 Å². The quantitative estimate of drug-likeness (QED) is 0.753. The molecule has 110 valence electrons. The van der Waals surface area contributed by atoms with Gasteiger partial charge in [-0.2, -0.15) is 0 Å². The first kappa shape index (κ1) is 15.8. The largest absolute Gasteiger partial charge is 0.322 e. The fourth-order valence-corrected chi connectivity index (χ4v) is 2.56. The van der Waals surface area contributed by atoms with Crippen LogP contribution in [0.1, 0.15) is 10.4 Å². The third-order valence-corrected chi connectivity index (χ3v) is 3.88. The minimum Gasteiger partial charge on any atom is -0.322 e. The average molecular weight is 416 g/mol. The Hall–Kier alpha value is -1.61. The molecule has 0 bridgehead atoms. The second-order valence-corrected chi connectivity index (χ2v) is 7.41. The van der Waals surface area contributed by atoms with Crippen LogP contribution >= 0.6 is 22.6 Å². The monoisotopic (exact) mass is 416 g/mol. The molecule has 0 aliphatic rings. The highest BCUT2D eigenvalue weighted by Gasteiger charge is 2.06. The van der Waals surface area contributed by atoms with Crippen molar-refractivity contribution in [2.75, 3.05) is 16.3 Å². The van der Waals surface area contributed by atoms with Crippen molar-refractivity contribution in [1.29, 1.82) is 0 Å². The Kier molecular flexibility index (Phi) is 4.84. The molecule has 5 nitrogen and oxygen atoms in total. The van der Waals surface area contributed by atoms with Gasteiger partial charge >= 0.3 is 0 Å². The van der Waals surface area contributed by atoms with Crippen LogP contribution in [-0.4, -0.2) is 20.6 Å². The van der Waals surface area contributed by atoms with Crippen molar-refractivity contribution in [3.05, 3.63) is 57.7 Å². The summed E-state index contributed by atoms with van der Waals surface area (Å²) in [7, 11) is -3.30. The van der Waals surface area contributed by atoms with Gasteiger partial charge in [0.25, 0.3) is 5.91 Å². The van der Waals surface area contributed by atoms with E-state index in [1.54, 1.807) is 36.4 Å². The number of carbonyl (C=O) groups is 1. The lowest BCUT2D eigenvalue weighted by Crippen LogP contribution is -2.12. The van der Waals surface area contributed by atoms with E-state index >= 15 is 0 Å². The summed E-state index contributed by atoms with van der Waals surface area (Å²) in [4.78, 5) is 12.0. The maximum Gasteiger partial charge on any atom is 0.255 e. The van der Waals surface area contributed by atoms with Gasteiger partial charge < -0.3 is 5.32 Å². The van der Waals surface area contributed by atoms with Crippen molar-refractivity contribution in [2.45, 2.75) is 0 Å². The van der Waals surface area contributed by atoms with Crippen LogP contribution in [0.4, 0.5) is 11.4 Å². The van der Waals surface area contributed by atoms with Gasteiger partial charge in [-0.05, 0) is 71.1 Å². The van der Waals surface area contributed by atoms with Crippen LogP contribution in [0.2, 0.25) is 0 Å². The number of halogens is 1. The number of amides is 1. The van der Waals surface area contributed by atoms with E-state index in [9.17, 15) is 13.2 Å². The van der Waals surface area contributed by atoms with Crippen molar-refractivity contribution in [1.82, 2.24) is 0 Å². The van der Waals surface area contributed by atoms with Crippen LogP contribution in [0.5, 0.6) is 0 Å². The van der Waals surface area contributed by atoms with Crippen LogP contribution < -0.4 is 10.0 Å². The second-order valence-electron chi connectivity index (χ2n) is 4.41. The van der Waals surface area contributed by atoms with Crippen molar-refractivity contribution in [3.63, 3.8) is 0 Å². The summed E-state index contributed by atoms with van der Waals surface area (Å²) in [5, 5.41) is 2.75. The SMILES string of the molecule is CS(=O)(=O)Nc1ccc(NC(=O)c2ccc(I)cc2)cc1. The highest BCUT2D eigenvalue weighted by molar-refractivity contribution is 14.1. The summed E-state index contributed by atoms with van der Waals surface area (Å²) >= 11 is 2.17. The highest BCUT2D eigenvalue weighted by Crippen LogP contribution is 2.16. The molecule has 7 heteroatoms. The Morgan fingerprint density at radius 1 is 0.952 bits per heavy atom. The molecule has 0 fully saturated rings. The van der Waals surface area contributed by atoms with Crippen LogP contribution in [0.25, 0.3) is 0 Å². The zero-order valence-electron chi connectivity index (χ0n) is 11.1. The Morgan fingerprint density at radius 3 is 2.00 bits per heavy atom. The maximum absolute atomic E-state index is 12.0. The lowest BCUT2D eigenvalue weighted by atomic mass is 10.2. The summed E-state index contributed by atoms with van der Waals surface area (Å²) in [6.07, 6.45) is 1.08. The molecule has 0 spiro atoms. The highest BCUT2D eigenvalue weighted by atomic mass is 127. The van der Waals surface area contributed by atoms with Crippen molar-refractivity contribution in [3.8, 4) is 0 Å². The summed E-state index contributed by atoms with van der Waals surface area (Å²) in [6.45, 7) is 0. The normalized spacial score (nSPS) is 11.0. The first-order chi connectivity index (χ1) is 9.83. The molecule has 2 aromatic carbocycles. The minimum absolute atomic E-state index is 0.213. The number of anilines is 2. The molecule has 2 rings (SSSR count). The second kappa shape index (κ2) is 6.44. The first-order valence-electron chi connectivity index (χ1n) is 5.98. The Balaban J connectivity index is 2.06. The molecule has 0 radical (unpaired) electrons. The van der Waals surface area contributed by atoms with E-state index < -0.39 is 10.0 Å². The minimum atomic E-state index is -3.30. The molecule has 0 aliphatic heterocycles. The molecule has 0 unspecified atom stereocenters. The molecule has 2 N–H and O–H groups in total. The summed E-state index contributed by atoms with van der Waals surface area (Å²) < 4.78 is 25.6. The zero-order chi connectivity index (χ0) is 15.5. The predicted octanol–water partition coefficient (Wildman–Crippen LogP) is 2.92. The smallest absolute Gasteiger partial charge is 0.255 e. The van der Waals surface area contributed by atoms with Gasteiger partial charge in [0.2, 0.25) is 10.0 Å². The fourth-order valence-electron chi connectivity index (χ4n) is 1.64. The summed E-state index contributed by atoms with van der Waals surface area (Å²) in [5.41, 5.74) is 1.61. The van der Waals surface area contributed by atoms with E-state index in [4.69, 9.17) is 0 Å². The van der Waals surface area contributed by atoms with Gasteiger partial charge in [-0.3, -0.25) is 9.52 Å². The maximum atomic E-state index is 12.0. The third-order valence-electron chi connectivity index (χ3n) is 2.55. The number of rotatable bonds is 4. The summed E-state index contributed by atoms with van der Waals surface area (Å²) in [5.74, 6) is -0.213. The Labute approximate surface area is 137 Å². The van der Waals surface area contributed by atoms with Crippen molar-refractivity contribution >= 4 is 49.9 Å². The molecule has 0 saturated carbocycles. The molecule has 0 heterocycles. The van der Waals surface area contributed by atoms with Gasteiger partial charge in [0.15, 0.2) is 0 Å². The van der Waals surface area contributed by atoms with Gasteiger partial charge in [-0.15, -0.1) is 0 Å². The Bertz CT molecular complexity index is 741. The topological polar surface area (TPSA) is 75.3 Å². The standard InChI is InChI=1S/C14H13IN2O3S/c1-21(19,20)17-13-8-6-12(7-9-13)16-14(18)10-2-4-11(15)5-3-10/h2-9,17H,1H3,(H,16,18). The lowest BCUT2D eigenvalue weighted by Gasteiger charge is -2.07. The predicted molar refractivity (Wildman–Crippen MR) is 92.0 cm³/mol. The fraction of sp³-hybridized carbons (Fsp3) is 0.0714. The molecule has 1 amide bonds. The Morgan fingerprint density at radius 2 is 1.48 bits per heavy atom. The molecular formula is C14H13IN2O3S. The van der Waals surface area contributed by atoms with Gasteiger partial charge in [0.05, 0.1) is 6.26 Å². The van der Waals surface area contributed by atoms with E-state index in [0.717, 1.165) is 9.83 Å². The number of carbonyl (C=O) groups excluding carboxylic acids is 1. The van der Waals surface area contributed by atoms with Crippen molar-refractivity contribution in [2.24, 2.45) is 0 Å². The number of benzene rings is 2. The van der Waals surface area contributed by atoms with E-state index in [0.29, 0.717) is 16.9 Å². The lowest BCUT2D eigenvalue weighted by molar-refractivity contribution is 0.102. The third kappa shape index (κ3) is 5.01. The molecule has 0 aromatic heterocycles. The van der Waals surface area contributed by atoms with E-state index in [2.05, 4.69) is 32.6 Å². The zero-order valence-corrected chi connectivity index (χ0v) is 14.1. The van der Waals surface area contributed by atoms with Crippen LogP contribution in [0, 0.1) is 3.57 Å². The van der Waals surface area contributed by atoms with Gasteiger partial charge in [0, 0.05) is 20.5 Å². The molecular weight excluding hydrogens is 403 g/mol. The molecule has 0 aliphatic carbocycles. The van der Waals surface area contributed by atoms with Gasteiger partial charge in [-0.1, -0.05) is 0 Å². The van der Waals surface area contributed by atoms with Crippen LogP contribution in [0.15, 0.2) is 48.5 Å². The average Bonchev–Trinajstić information content (AvgIpc) is 2.40. The number of sulfonamides is 1. The number of nitrogens with one attached hydrogen (secondary N) is 2. The van der Waals surface area contributed by atoms with Crippen molar-refractivity contribution < 1.29 is 13.2 Å². The number of hydrogen-bond donors (Lipinski definition) is 2. The van der Waals surface area contributed by atoms with Gasteiger partial charge in [0.1, 0.15) is 0 Å². The summed E-state index contributed by atoms with van der Waals surface area (Å²) in [6, 6.07) is 13.7. The molecule has 21 heavy (non-hydrogen) atoms. The van der Waals surface area contributed by atoms with E-state index in [1.165, 1.54) is 0 Å². The van der Waals surface area contributed by atoms with E-state index in [1.807, 2.05) is 12.1 Å². The van der Waals surface area contributed by atoms with E-state index in [-0.39, 0.29) is 5.91 Å². The van der Waals surface area contributed by atoms with Gasteiger partial charge in [-0.25, -0.2) is 8.42 Å². The molecule has 2 aromatic rings. The first-order valence-corrected chi connectivity index (χ1v) is 8.95. The number of hydrogen-bond acceptors (Lipinski definition) is 3. The molecule has 0 atom stereocenters.